The van der Waals surface area contributed by atoms with Crippen LogP contribution < -0.4 is 5.19 Å². The maximum absolute atomic E-state index is 2.43. The van der Waals surface area contributed by atoms with Crippen molar-refractivity contribution in [1.29, 1.82) is 0 Å². The van der Waals surface area contributed by atoms with Gasteiger partial charge in [-0.1, -0.05) is 47.6 Å². The fraction of sp³-hybridized carbons (Fsp3) is 0.714. The van der Waals surface area contributed by atoms with Gasteiger partial charge in [-0.3, -0.25) is 0 Å². The predicted molar refractivity (Wildman–Crippen MR) is 79.7 cm³/mol. The molecule has 1 aromatic rings. The van der Waals surface area contributed by atoms with Crippen LogP contribution in [0, 0.1) is 6.92 Å². The van der Waals surface area contributed by atoms with E-state index in [0.29, 0.717) is 0 Å². The minimum Gasteiger partial charge on any atom is -0.149 e. The normalized spacial score (nSPS) is 13.1. The van der Waals surface area contributed by atoms with E-state index in [2.05, 4.69) is 59.9 Å². The Bertz CT molecular complexity index is 314. The molecule has 0 nitrogen and oxygen atoms in total. The molecule has 2 heteroatoms. The highest BCUT2D eigenvalue weighted by atomic mass is 32.1. The van der Waals surface area contributed by atoms with Crippen molar-refractivity contribution in [2.45, 2.75) is 65.1 Å². The van der Waals surface area contributed by atoms with Gasteiger partial charge in [-0.15, -0.1) is 11.3 Å². The summed E-state index contributed by atoms with van der Waals surface area (Å²) in [5.74, 6) is 0. The highest BCUT2D eigenvalue weighted by Crippen LogP contribution is 2.42. The molecule has 0 unspecified atom stereocenters. The van der Waals surface area contributed by atoms with Gasteiger partial charge in [0.2, 0.25) is 0 Å². The van der Waals surface area contributed by atoms with Gasteiger partial charge >= 0.3 is 0 Å². The molecule has 0 amide bonds. The predicted octanol–water partition coefficient (Wildman–Crippen LogP) is 4.94. The topological polar surface area (TPSA) is 0 Å². The van der Waals surface area contributed by atoms with E-state index in [1.54, 1.807) is 10.1 Å². The lowest BCUT2D eigenvalue weighted by atomic mass is 10.5. The van der Waals surface area contributed by atoms with E-state index in [-0.39, 0.29) is 0 Å². The van der Waals surface area contributed by atoms with Gasteiger partial charge in [0.1, 0.15) is 0 Å². The van der Waals surface area contributed by atoms with Gasteiger partial charge < -0.3 is 0 Å². The van der Waals surface area contributed by atoms with Gasteiger partial charge in [0.25, 0.3) is 0 Å². The molecule has 16 heavy (non-hydrogen) atoms. The average Bonchev–Trinajstić information content (AvgIpc) is 2.51. The first kappa shape index (κ1) is 14.0. The highest BCUT2D eigenvalue weighted by molar-refractivity contribution is 7.13. The fourth-order valence-electron chi connectivity index (χ4n) is 3.77. The summed E-state index contributed by atoms with van der Waals surface area (Å²) in [7, 11) is -1.39. The third-order valence-electron chi connectivity index (χ3n) is 4.19. The summed E-state index contributed by atoms with van der Waals surface area (Å²) in [6.45, 7) is 16.9. The third-order valence-corrected chi connectivity index (χ3v) is 12.4. The van der Waals surface area contributed by atoms with Crippen LogP contribution in [0.25, 0.3) is 0 Å². The Kier molecular flexibility index (Phi) is 4.41. The van der Waals surface area contributed by atoms with Crippen molar-refractivity contribution in [2.24, 2.45) is 0 Å². The van der Waals surface area contributed by atoms with Gasteiger partial charge in [-0.25, -0.2) is 0 Å². The lowest BCUT2D eigenvalue weighted by Crippen LogP contribution is -2.55. The van der Waals surface area contributed by atoms with E-state index in [1.807, 2.05) is 11.3 Å². The Labute approximate surface area is 106 Å². The molecule has 0 aromatic carbocycles. The summed E-state index contributed by atoms with van der Waals surface area (Å²) >= 11 is 1.92. The van der Waals surface area contributed by atoms with Crippen LogP contribution in [0.5, 0.6) is 0 Å². The molecule has 1 rings (SSSR count). The zero-order valence-electron chi connectivity index (χ0n) is 11.8. The van der Waals surface area contributed by atoms with Crippen molar-refractivity contribution in [2.75, 3.05) is 0 Å². The second kappa shape index (κ2) is 5.05. The number of hydrogen-bond donors (Lipinski definition) is 0. The molecular weight excluding hydrogens is 228 g/mol. The van der Waals surface area contributed by atoms with Crippen LogP contribution in [0.3, 0.4) is 0 Å². The number of thiophene rings is 1. The van der Waals surface area contributed by atoms with Crippen molar-refractivity contribution < 1.29 is 0 Å². The highest BCUT2D eigenvalue weighted by Gasteiger charge is 2.45. The summed E-state index contributed by atoms with van der Waals surface area (Å²) in [4.78, 5) is 1.56. The molecule has 0 saturated carbocycles. The Hall–Kier alpha value is -0.0831. The van der Waals surface area contributed by atoms with Crippen molar-refractivity contribution in [3.63, 3.8) is 0 Å². The second-order valence-electron chi connectivity index (χ2n) is 5.79. The zero-order valence-corrected chi connectivity index (χ0v) is 13.6. The lowest BCUT2D eigenvalue weighted by molar-refractivity contribution is 0.835. The van der Waals surface area contributed by atoms with Crippen molar-refractivity contribution in [3.8, 4) is 0 Å². The first-order chi connectivity index (χ1) is 7.35. The van der Waals surface area contributed by atoms with Crippen molar-refractivity contribution in [1.82, 2.24) is 0 Å². The molecule has 0 spiro atoms. The third kappa shape index (κ3) is 2.02. The van der Waals surface area contributed by atoms with Gasteiger partial charge in [0.15, 0.2) is 0 Å². The molecule has 0 aliphatic heterocycles. The standard InChI is InChI=1S/C14H26SSi/c1-10(2)16(11(3)4,12(5)6)14-8-9-15-13(14)7/h8-12H,1-7H3. The van der Waals surface area contributed by atoms with Gasteiger partial charge in [-0.2, -0.15) is 0 Å². The quantitative estimate of drug-likeness (QED) is 0.668. The summed E-state index contributed by atoms with van der Waals surface area (Å²) in [6.07, 6.45) is 0. The smallest absolute Gasteiger partial charge is 0.0956 e. The molecule has 0 N–H and O–H groups in total. The second-order valence-corrected chi connectivity index (χ2v) is 12.8. The largest absolute Gasteiger partial charge is 0.149 e. The zero-order chi connectivity index (χ0) is 12.5. The maximum atomic E-state index is 2.43. The van der Waals surface area contributed by atoms with E-state index >= 15 is 0 Å². The molecule has 1 aromatic heterocycles. The Balaban J connectivity index is 3.39. The molecule has 0 fully saturated rings. The van der Waals surface area contributed by atoms with E-state index < -0.39 is 8.07 Å². The molecule has 0 bridgehead atoms. The van der Waals surface area contributed by atoms with Crippen LogP contribution in [0.2, 0.25) is 16.6 Å². The van der Waals surface area contributed by atoms with Crippen LogP contribution in [-0.4, -0.2) is 8.07 Å². The summed E-state index contributed by atoms with van der Waals surface area (Å²) in [5, 5.41) is 4.00. The van der Waals surface area contributed by atoms with Gasteiger partial charge in [-0.05, 0) is 34.1 Å². The molecule has 0 radical (unpaired) electrons. The molecule has 0 aliphatic rings. The first-order valence-corrected chi connectivity index (χ1v) is 9.50. The van der Waals surface area contributed by atoms with E-state index in [0.717, 1.165) is 16.6 Å². The molecule has 92 valence electrons. The van der Waals surface area contributed by atoms with Gasteiger partial charge in [0.05, 0.1) is 8.07 Å². The lowest BCUT2D eigenvalue weighted by Gasteiger charge is -2.43. The van der Waals surface area contributed by atoms with Crippen LogP contribution in [-0.2, 0) is 0 Å². The van der Waals surface area contributed by atoms with Crippen LogP contribution in [0.4, 0.5) is 0 Å². The van der Waals surface area contributed by atoms with E-state index in [1.165, 1.54) is 0 Å². The minimum atomic E-state index is -1.39. The first-order valence-electron chi connectivity index (χ1n) is 6.39. The Morgan fingerprint density at radius 3 is 1.62 bits per heavy atom. The summed E-state index contributed by atoms with van der Waals surface area (Å²) in [5.41, 5.74) is 2.46. The SMILES string of the molecule is Cc1sccc1[Si](C(C)C)(C(C)C)C(C)C. The van der Waals surface area contributed by atoms with Crippen LogP contribution in [0.15, 0.2) is 11.4 Å². The molecule has 0 aliphatic carbocycles. The van der Waals surface area contributed by atoms with Crippen molar-refractivity contribution >= 4 is 24.6 Å². The molecule has 0 saturated heterocycles. The average molecular weight is 255 g/mol. The fourth-order valence-corrected chi connectivity index (χ4v) is 12.0. The summed E-state index contributed by atoms with van der Waals surface area (Å²) < 4.78 is 0. The Morgan fingerprint density at radius 1 is 0.938 bits per heavy atom. The van der Waals surface area contributed by atoms with Gasteiger partial charge in [0, 0.05) is 4.88 Å². The van der Waals surface area contributed by atoms with E-state index in [9.17, 15) is 0 Å². The maximum Gasteiger partial charge on any atom is 0.0956 e. The monoisotopic (exact) mass is 254 g/mol. The molecule has 1 heterocycles. The number of aryl methyl sites for hydroxylation is 1. The molecule has 0 atom stereocenters. The van der Waals surface area contributed by atoms with Crippen LogP contribution >= 0.6 is 11.3 Å². The number of hydrogen-bond acceptors (Lipinski definition) is 1. The van der Waals surface area contributed by atoms with Crippen molar-refractivity contribution in [3.05, 3.63) is 16.3 Å². The van der Waals surface area contributed by atoms with E-state index in [4.69, 9.17) is 0 Å². The minimum absolute atomic E-state index is 0.820. The van der Waals surface area contributed by atoms with Crippen LogP contribution in [0.1, 0.15) is 46.4 Å². The number of rotatable bonds is 4. The molecular formula is C14H26SSi. The summed E-state index contributed by atoms with van der Waals surface area (Å²) in [6, 6.07) is 2.41. The Morgan fingerprint density at radius 2 is 1.38 bits per heavy atom.